The first-order valence-electron chi connectivity index (χ1n) is 16.9. The molecular weight excluding hydrogens is 728 g/mol. The van der Waals surface area contributed by atoms with E-state index in [0.717, 1.165) is 9.03 Å². The average Bonchev–Trinajstić information content (AvgIpc) is 3.81. The molecule has 0 bridgehead atoms. The Hall–Kier alpha value is -8.02. The minimum absolute atomic E-state index is 0.0894. The number of nitro benzene ring substituents is 2. The molecule has 0 radical (unpaired) electrons. The van der Waals surface area contributed by atoms with Crippen LogP contribution in [0.2, 0.25) is 0 Å². The molecule has 18 nitrogen and oxygen atoms in total. The lowest BCUT2D eigenvalue weighted by atomic mass is 10.0. The lowest BCUT2D eigenvalue weighted by Crippen LogP contribution is -2.17. The number of benzene rings is 4. The number of carbonyl (C=O) groups is 2. The van der Waals surface area contributed by atoms with Crippen LogP contribution >= 0.6 is 0 Å². The third-order valence-electron chi connectivity index (χ3n) is 8.67. The Morgan fingerprint density at radius 2 is 0.964 bits per heavy atom. The van der Waals surface area contributed by atoms with Crippen LogP contribution in [0.5, 0.6) is 0 Å². The number of aromatic amines is 2. The van der Waals surface area contributed by atoms with E-state index in [1.165, 1.54) is 48.5 Å². The Morgan fingerprint density at radius 1 is 0.607 bits per heavy atom. The third kappa shape index (κ3) is 6.46. The first-order chi connectivity index (χ1) is 27.0. The van der Waals surface area contributed by atoms with Gasteiger partial charge in [0.2, 0.25) is 0 Å². The van der Waals surface area contributed by atoms with Crippen LogP contribution in [0.3, 0.4) is 0 Å². The fourth-order valence-corrected chi connectivity index (χ4v) is 6.24. The minimum Gasteiger partial charge on any atom is -0.462 e. The van der Waals surface area contributed by atoms with Gasteiger partial charge in [-0.05, 0) is 50.2 Å². The normalized spacial score (nSPS) is 11.0. The SMILES string of the molecule is CCOC(=O)c1c(-c2ccc([N+](=O)[O-])cc2)nn2c(=O)[nH]c3ccccc3c12.CCOC(=O)c1c(-c2ccc([N+](=O)[O-])cc2)nn2c(=O)[nH]c3ccccc3c12. The second-order valence-corrected chi connectivity index (χ2v) is 12.0. The highest BCUT2D eigenvalue weighted by Crippen LogP contribution is 2.32. The standard InChI is InChI=1S/2C19H14N4O5/c2*1-2-28-18(24)15-16(11-7-9-12(10-8-11)23(26)27)21-22-17(15)13-5-3-4-6-14(13)20-19(22)25/h2*3-10H,2H2,1H3,(H,20,25). The maximum absolute atomic E-state index is 12.7. The summed E-state index contributed by atoms with van der Waals surface area (Å²) in [6, 6.07) is 25.3. The van der Waals surface area contributed by atoms with Gasteiger partial charge >= 0.3 is 23.3 Å². The molecule has 280 valence electrons. The van der Waals surface area contributed by atoms with Crippen LogP contribution < -0.4 is 11.4 Å². The first-order valence-corrected chi connectivity index (χ1v) is 16.9. The summed E-state index contributed by atoms with van der Waals surface area (Å²) < 4.78 is 12.6. The molecule has 0 aliphatic carbocycles. The van der Waals surface area contributed by atoms with E-state index in [1.807, 2.05) is 0 Å². The van der Waals surface area contributed by atoms with Crippen molar-refractivity contribution < 1.29 is 28.9 Å². The molecule has 0 aliphatic heterocycles. The van der Waals surface area contributed by atoms with E-state index in [4.69, 9.17) is 9.47 Å². The first kappa shape index (κ1) is 36.3. The van der Waals surface area contributed by atoms with E-state index >= 15 is 0 Å². The van der Waals surface area contributed by atoms with E-state index in [0.29, 0.717) is 44.0 Å². The molecule has 4 aromatic heterocycles. The summed E-state index contributed by atoms with van der Waals surface area (Å²) in [5.74, 6) is -1.25. The molecular formula is C38H28N8O10. The van der Waals surface area contributed by atoms with Crippen molar-refractivity contribution in [3.05, 3.63) is 149 Å². The summed E-state index contributed by atoms with van der Waals surface area (Å²) in [7, 11) is 0. The topological polar surface area (TPSA) is 239 Å². The summed E-state index contributed by atoms with van der Waals surface area (Å²) in [4.78, 5) is 76.8. The molecule has 4 heterocycles. The van der Waals surface area contributed by atoms with Gasteiger partial charge in [-0.1, -0.05) is 36.4 Å². The Labute approximate surface area is 312 Å². The van der Waals surface area contributed by atoms with Gasteiger partial charge in [0, 0.05) is 46.2 Å². The minimum atomic E-state index is -0.624. The zero-order valence-corrected chi connectivity index (χ0v) is 29.4. The van der Waals surface area contributed by atoms with Crippen LogP contribution in [0, 0.1) is 20.2 Å². The molecule has 0 unspecified atom stereocenters. The molecule has 18 heteroatoms. The second kappa shape index (κ2) is 14.8. The van der Waals surface area contributed by atoms with Crippen molar-refractivity contribution in [3.8, 4) is 22.5 Å². The number of nitrogens with zero attached hydrogens (tertiary/aromatic N) is 6. The number of nitro groups is 2. The molecule has 8 aromatic rings. The number of non-ortho nitro benzene ring substituents is 2. The molecule has 0 fully saturated rings. The molecule has 0 aliphatic rings. The molecule has 4 aromatic carbocycles. The van der Waals surface area contributed by atoms with Gasteiger partial charge < -0.3 is 19.4 Å². The molecule has 2 N–H and O–H groups in total. The Morgan fingerprint density at radius 3 is 1.30 bits per heavy atom. The number of rotatable bonds is 8. The van der Waals surface area contributed by atoms with Crippen molar-refractivity contribution in [3.63, 3.8) is 0 Å². The summed E-state index contributed by atoms with van der Waals surface area (Å²) in [6.07, 6.45) is 0. The Kier molecular flexibility index (Phi) is 9.59. The van der Waals surface area contributed by atoms with Gasteiger partial charge in [0.15, 0.2) is 0 Å². The Bertz CT molecular complexity index is 2780. The largest absolute Gasteiger partial charge is 0.462 e. The monoisotopic (exact) mass is 756 g/mol. The van der Waals surface area contributed by atoms with E-state index < -0.39 is 33.2 Å². The van der Waals surface area contributed by atoms with Gasteiger partial charge in [-0.15, -0.1) is 0 Å². The highest BCUT2D eigenvalue weighted by molar-refractivity contribution is 6.11. The number of hydrogen-bond acceptors (Lipinski definition) is 12. The van der Waals surface area contributed by atoms with Gasteiger partial charge in [-0.3, -0.25) is 20.2 Å². The number of nitrogens with one attached hydrogen (secondary N) is 2. The molecule has 56 heavy (non-hydrogen) atoms. The van der Waals surface area contributed by atoms with E-state index in [-0.39, 0.29) is 47.1 Å². The van der Waals surface area contributed by atoms with Gasteiger partial charge in [0.05, 0.1) is 45.1 Å². The number of hydrogen-bond donors (Lipinski definition) is 2. The summed E-state index contributed by atoms with van der Waals surface area (Å²) in [6.45, 7) is 3.66. The smallest absolute Gasteiger partial charge is 0.347 e. The average molecular weight is 757 g/mol. The van der Waals surface area contributed by atoms with Gasteiger partial charge in [0.1, 0.15) is 22.5 Å². The van der Waals surface area contributed by atoms with E-state index in [9.17, 15) is 39.4 Å². The lowest BCUT2D eigenvalue weighted by Gasteiger charge is -2.05. The lowest BCUT2D eigenvalue weighted by molar-refractivity contribution is -0.385. The van der Waals surface area contributed by atoms with Crippen LogP contribution in [0.25, 0.3) is 55.4 Å². The van der Waals surface area contributed by atoms with Crippen LogP contribution in [0.15, 0.2) is 107 Å². The van der Waals surface area contributed by atoms with E-state index in [2.05, 4.69) is 20.2 Å². The molecule has 0 saturated carbocycles. The van der Waals surface area contributed by atoms with Crippen molar-refractivity contribution in [2.45, 2.75) is 13.8 Å². The number of fused-ring (bicyclic) bond motifs is 6. The highest BCUT2D eigenvalue weighted by Gasteiger charge is 2.27. The van der Waals surface area contributed by atoms with Crippen LogP contribution in [-0.2, 0) is 9.47 Å². The van der Waals surface area contributed by atoms with Gasteiger partial charge in [0.25, 0.3) is 11.4 Å². The number of H-pyrrole nitrogens is 2. The van der Waals surface area contributed by atoms with Crippen molar-refractivity contribution >= 4 is 56.2 Å². The predicted octanol–water partition coefficient (Wildman–Crippen LogP) is 5.86. The maximum atomic E-state index is 12.7. The van der Waals surface area contributed by atoms with Crippen molar-refractivity contribution in [1.29, 1.82) is 0 Å². The number of ether oxygens (including phenoxy) is 2. The number of aromatic nitrogens is 6. The van der Waals surface area contributed by atoms with Crippen LogP contribution in [0.4, 0.5) is 11.4 Å². The zero-order valence-electron chi connectivity index (χ0n) is 29.4. The fourth-order valence-electron chi connectivity index (χ4n) is 6.24. The fraction of sp³-hybridized carbons (Fsp3) is 0.105. The number of esters is 2. The number of carbonyl (C=O) groups excluding carboxylic acids is 2. The van der Waals surface area contributed by atoms with Crippen molar-refractivity contribution in [2.75, 3.05) is 13.2 Å². The molecule has 0 spiro atoms. The molecule has 0 atom stereocenters. The quantitative estimate of drug-likeness (QED) is 0.105. The highest BCUT2D eigenvalue weighted by atomic mass is 16.6. The Balaban J connectivity index is 0.000000172. The van der Waals surface area contributed by atoms with Gasteiger partial charge in [-0.25, -0.2) is 19.2 Å². The summed E-state index contributed by atoms with van der Waals surface area (Å²) >= 11 is 0. The van der Waals surface area contributed by atoms with Crippen molar-refractivity contribution in [2.24, 2.45) is 0 Å². The molecule has 8 rings (SSSR count). The summed E-state index contributed by atoms with van der Waals surface area (Å²) in [5.41, 5.74) is 2.20. The summed E-state index contributed by atoms with van der Waals surface area (Å²) in [5, 5.41) is 31.7. The zero-order chi connectivity index (χ0) is 39.7. The van der Waals surface area contributed by atoms with Crippen molar-refractivity contribution in [1.82, 2.24) is 29.2 Å². The van der Waals surface area contributed by atoms with Gasteiger partial charge in [-0.2, -0.15) is 19.2 Å². The third-order valence-corrected chi connectivity index (χ3v) is 8.67. The van der Waals surface area contributed by atoms with E-state index in [1.54, 1.807) is 62.4 Å². The maximum Gasteiger partial charge on any atom is 0.347 e. The molecule has 0 amide bonds. The predicted molar refractivity (Wildman–Crippen MR) is 203 cm³/mol. The number of para-hydroxylation sites is 2. The molecule has 0 saturated heterocycles. The van der Waals surface area contributed by atoms with Crippen LogP contribution in [0.1, 0.15) is 34.6 Å². The second-order valence-electron chi connectivity index (χ2n) is 12.0. The van der Waals surface area contributed by atoms with Crippen LogP contribution in [-0.4, -0.2) is 64.2 Å².